The molecule has 92 valence electrons. The summed E-state index contributed by atoms with van der Waals surface area (Å²) >= 11 is 0. The predicted molar refractivity (Wildman–Crippen MR) is 69.1 cm³/mol. The minimum Gasteiger partial charge on any atom is -0.373 e. The summed E-state index contributed by atoms with van der Waals surface area (Å²) < 4.78 is 5.92. The number of nitrogens with one attached hydrogen (secondary N) is 1. The second kappa shape index (κ2) is 4.79. The summed E-state index contributed by atoms with van der Waals surface area (Å²) in [5.74, 6) is 1.47. The molecule has 2 heteroatoms. The van der Waals surface area contributed by atoms with Crippen LogP contribution in [0.5, 0.6) is 0 Å². The van der Waals surface area contributed by atoms with E-state index in [9.17, 15) is 0 Å². The fraction of sp³-hybridized carbons (Fsp3) is 0.600. The second-order valence-corrected chi connectivity index (χ2v) is 5.34. The normalized spacial score (nSPS) is 28.5. The van der Waals surface area contributed by atoms with Crippen LogP contribution in [0.4, 0.5) is 0 Å². The zero-order valence-corrected chi connectivity index (χ0v) is 10.5. The fourth-order valence-electron chi connectivity index (χ4n) is 2.88. The Morgan fingerprint density at radius 1 is 1.24 bits per heavy atom. The lowest BCUT2D eigenvalue weighted by molar-refractivity contribution is 0.0909. The third kappa shape index (κ3) is 2.38. The van der Waals surface area contributed by atoms with Crippen molar-refractivity contribution in [3.63, 3.8) is 0 Å². The van der Waals surface area contributed by atoms with Crippen molar-refractivity contribution in [3.05, 3.63) is 35.4 Å². The summed E-state index contributed by atoms with van der Waals surface area (Å²) in [5, 5.41) is 3.28. The zero-order valence-electron chi connectivity index (χ0n) is 10.5. The maximum atomic E-state index is 5.92. The quantitative estimate of drug-likeness (QED) is 0.860. The van der Waals surface area contributed by atoms with Gasteiger partial charge in [0.05, 0.1) is 6.10 Å². The molecule has 1 heterocycles. The fourth-order valence-corrected chi connectivity index (χ4v) is 2.88. The first kappa shape index (κ1) is 11.2. The van der Waals surface area contributed by atoms with Gasteiger partial charge < -0.3 is 10.1 Å². The van der Waals surface area contributed by atoms with Crippen molar-refractivity contribution in [3.8, 4) is 0 Å². The largest absolute Gasteiger partial charge is 0.373 e. The molecule has 1 saturated heterocycles. The molecule has 2 aliphatic rings. The molecule has 0 bridgehead atoms. The van der Waals surface area contributed by atoms with Crippen molar-refractivity contribution in [2.45, 2.75) is 31.3 Å². The number of rotatable bonds is 4. The zero-order chi connectivity index (χ0) is 11.7. The SMILES string of the molecule is CNCC1CCOC1c1cccc(C2CC2)c1. The van der Waals surface area contributed by atoms with Crippen LogP contribution in [0.1, 0.15) is 42.4 Å². The molecular weight excluding hydrogens is 210 g/mol. The second-order valence-electron chi connectivity index (χ2n) is 5.34. The van der Waals surface area contributed by atoms with Gasteiger partial charge in [0.1, 0.15) is 0 Å². The Bertz CT molecular complexity index is 386. The Morgan fingerprint density at radius 3 is 2.82 bits per heavy atom. The van der Waals surface area contributed by atoms with Crippen LogP contribution < -0.4 is 5.32 Å². The van der Waals surface area contributed by atoms with Crippen LogP contribution in [0.2, 0.25) is 0 Å². The van der Waals surface area contributed by atoms with Crippen LogP contribution >= 0.6 is 0 Å². The van der Waals surface area contributed by atoms with E-state index >= 15 is 0 Å². The summed E-state index contributed by atoms with van der Waals surface area (Å²) in [6.07, 6.45) is 4.23. The van der Waals surface area contributed by atoms with Gasteiger partial charge in [0.2, 0.25) is 0 Å². The molecule has 1 aromatic carbocycles. The van der Waals surface area contributed by atoms with Crippen molar-refractivity contribution in [1.82, 2.24) is 5.32 Å². The van der Waals surface area contributed by atoms with E-state index in [-0.39, 0.29) is 0 Å². The Kier molecular flexibility index (Phi) is 3.17. The Balaban J connectivity index is 1.79. The molecule has 1 saturated carbocycles. The lowest BCUT2D eigenvalue weighted by atomic mass is 9.93. The third-order valence-corrected chi connectivity index (χ3v) is 3.97. The van der Waals surface area contributed by atoms with Gasteiger partial charge in [0.15, 0.2) is 0 Å². The van der Waals surface area contributed by atoms with Gasteiger partial charge in [0, 0.05) is 19.1 Å². The highest BCUT2D eigenvalue weighted by atomic mass is 16.5. The first-order valence-electron chi connectivity index (χ1n) is 6.74. The molecule has 0 aromatic heterocycles. The van der Waals surface area contributed by atoms with Crippen molar-refractivity contribution < 1.29 is 4.74 Å². The van der Waals surface area contributed by atoms with Crippen LogP contribution in [-0.4, -0.2) is 20.2 Å². The molecule has 3 rings (SSSR count). The minimum atomic E-state index is 0.307. The Morgan fingerprint density at radius 2 is 2.06 bits per heavy atom. The van der Waals surface area contributed by atoms with Gasteiger partial charge >= 0.3 is 0 Å². The molecule has 0 amide bonds. The van der Waals surface area contributed by atoms with Gasteiger partial charge in [0.25, 0.3) is 0 Å². The Hall–Kier alpha value is -0.860. The molecule has 0 spiro atoms. The number of benzene rings is 1. The van der Waals surface area contributed by atoms with Gasteiger partial charge in [-0.25, -0.2) is 0 Å². The number of ether oxygens (including phenoxy) is 1. The van der Waals surface area contributed by atoms with E-state index in [4.69, 9.17) is 4.74 Å². The summed E-state index contributed by atoms with van der Waals surface area (Å²) in [4.78, 5) is 0. The van der Waals surface area contributed by atoms with E-state index in [1.54, 1.807) is 0 Å². The molecule has 1 aromatic rings. The minimum absolute atomic E-state index is 0.307. The highest BCUT2D eigenvalue weighted by Gasteiger charge is 2.30. The maximum Gasteiger partial charge on any atom is 0.0866 e. The molecule has 2 nitrogen and oxygen atoms in total. The molecular formula is C15H21NO. The summed E-state index contributed by atoms with van der Waals surface area (Å²) in [6.45, 7) is 1.96. The van der Waals surface area contributed by atoms with E-state index in [0.717, 1.165) is 19.1 Å². The van der Waals surface area contributed by atoms with Gasteiger partial charge in [-0.05, 0) is 43.4 Å². The highest BCUT2D eigenvalue weighted by molar-refractivity contribution is 5.31. The average Bonchev–Trinajstić information content (AvgIpc) is 3.11. The van der Waals surface area contributed by atoms with Crippen molar-refractivity contribution in [2.75, 3.05) is 20.2 Å². The summed E-state index contributed by atoms with van der Waals surface area (Å²) in [6, 6.07) is 9.06. The molecule has 1 N–H and O–H groups in total. The molecule has 2 atom stereocenters. The van der Waals surface area contributed by atoms with Crippen molar-refractivity contribution >= 4 is 0 Å². The molecule has 1 aliphatic heterocycles. The van der Waals surface area contributed by atoms with Crippen molar-refractivity contribution in [2.24, 2.45) is 5.92 Å². The van der Waals surface area contributed by atoms with Crippen LogP contribution in [-0.2, 0) is 4.74 Å². The van der Waals surface area contributed by atoms with Gasteiger partial charge in [-0.2, -0.15) is 0 Å². The third-order valence-electron chi connectivity index (χ3n) is 3.97. The smallest absolute Gasteiger partial charge is 0.0866 e. The number of hydrogen-bond donors (Lipinski definition) is 1. The first-order chi connectivity index (χ1) is 8.38. The Labute approximate surface area is 103 Å². The molecule has 2 unspecified atom stereocenters. The predicted octanol–water partition coefficient (Wildman–Crippen LogP) is 2.86. The number of hydrogen-bond acceptors (Lipinski definition) is 2. The van der Waals surface area contributed by atoms with Crippen molar-refractivity contribution in [1.29, 1.82) is 0 Å². The topological polar surface area (TPSA) is 21.3 Å². The molecule has 0 radical (unpaired) electrons. The van der Waals surface area contributed by atoms with E-state index < -0.39 is 0 Å². The van der Waals surface area contributed by atoms with E-state index in [1.165, 1.54) is 30.4 Å². The highest BCUT2D eigenvalue weighted by Crippen LogP contribution is 2.42. The molecule has 2 fully saturated rings. The van der Waals surface area contributed by atoms with E-state index in [0.29, 0.717) is 12.0 Å². The van der Waals surface area contributed by atoms with Crippen LogP contribution in [0.15, 0.2) is 24.3 Å². The van der Waals surface area contributed by atoms with E-state index in [1.807, 2.05) is 7.05 Å². The summed E-state index contributed by atoms with van der Waals surface area (Å²) in [7, 11) is 2.02. The van der Waals surface area contributed by atoms with Crippen LogP contribution in [0.25, 0.3) is 0 Å². The monoisotopic (exact) mass is 231 g/mol. The van der Waals surface area contributed by atoms with Gasteiger partial charge in [-0.1, -0.05) is 24.3 Å². The standard InChI is InChI=1S/C15H21NO/c1-16-10-14-7-8-17-15(14)13-4-2-3-12(9-13)11-5-6-11/h2-4,9,11,14-16H,5-8,10H2,1H3. The first-order valence-corrected chi connectivity index (χ1v) is 6.74. The van der Waals surface area contributed by atoms with Gasteiger partial charge in [-0.3, -0.25) is 0 Å². The van der Waals surface area contributed by atoms with Crippen LogP contribution in [0, 0.1) is 5.92 Å². The lowest BCUT2D eigenvalue weighted by Crippen LogP contribution is -2.21. The molecule has 17 heavy (non-hydrogen) atoms. The average molecular weight is 231 g/mol. The van der Waals surface area contributed by atoms with Crippen LogP contribution in [0.3, 0.4) is 0 Å². The molecule has 1 aliphatic carbocycles. The lowest BCUT2D eigenvalue weighted by Gasteiger charge is -2.19. The maximum absolute atomic E-state index is 5.92. The van der Waals surface area contributed by atoms with E-state index in [2.05, 4.69) is 29.6 Å². The van der Waals surface area contributed by atoms with Gasteiger partial charge in [-0.15, -0.1) is 0 Å². The summed E-state index contributed by atoms with van der Waals surface area (Å²) in [5.41, 5.74) is 2.90.